The predicted molar refractivity (Wildman–Crippen MR) is 65.5 cm³/mol. The van der Waals surface area contributed by atoms with Crippen molar-refractivity contribution in [2.24, 2.45) is 5.73 Å². The van der Waals surface area contributed by atoms with Crippen LogP contribution < -0.4 is 11.1 Å². The van der Waals surface area contributed by atoms with Gasteiger partial charge in [-0.25, -0.2) is 0 Å². The number of hydrogen-bond donors (Lipinski definition) is 3. The van der Waals surface area contributed by atoms with E-state index in [1.54, 1.807) is 6.92 Å². The van der Waals surface area contributed by atoms with Crippen molar-refractivity contribution < 1.29 is 4.79 Å². The zero-order valence-corrected chi connectivity index (χ0v) is 9.52. The Balaban J connectivity index is 2.44. The van der Waals surface area contributed by atoms with Crippen LogP contribution in [0.4, 0.5) is 5.69 Å². The van der Waals surface area contributed by atoms with E-state index >= 15 is 0 Å². The first kappa shape index (κ1) is 10.8. The van der Waals surface area contributed by atoms with Crippen molar-refractivity contribution in [3.05, 3.63) is 34.9 Å². The van der Waals surface area contributed by atoms with Gasteiger partial charge in [0, 0.05) is 10.6 Å². The lowest BCUT2D eigenvalue weighted by atomic mass is 10.2. The van der Waals surface area contributed by atoms with Crippen LogP contribution in [0, 0.1) is 5.41 Å². The fraction of sp³-hybridized carbons (Fsp3) is 0.0909. The van der Waals surface area contributed by atoms with E-state index in [4.69, 9.17) is 11.1 Å². The third kappa shape index (κ3) is 1.81. The third-order valence-electron chi connectivity index (χ3n) is 2.20. The van der Waals surface area contributed by atoms with E-state index in [0.29, 0.717) is 5.03 Å². The van der Waals surface area contributed by atoms with Crippen molar-refractivity contribution in [1.29, 1.82) is 5.41 Å². The van der Waals surface area contributed by atoms with Gasteiger partial charge in [0.05, 0.1) is 16.3 Å². The summed E-state index contributed by atoms with van der Waals surface area (Å²) in [6.07, 6.45) is 0. The van der Waals surface area contributed by atoms with Crippen molar-refractivity contribution in [3.8, 4) is 0 Å². The van der Waals surface area contributed by atoms with Crippen molar-refractivity contribution in [2.45, 2.75) is 11.8 Å². The minimum atomic E-state index is -0.574. The number of primary amides is 1. The highest BCUT2D eigenvalue weighted by Crippen LogP contribution is 2.41. The molecule has 1 heterocycles. The summed E-state index contributed by atoms with van der Waals surface area (Å²) in [6, 6.07) is 7.72. The fourth-order valence-corrected chi connectivity index (χ4v) is 2.61. The molecule has 0 spiro atoms. The summed E-state index contributed by atoms with van der Waals surface area (Å²) in [5.74, 6) is -0.574. The highest BCUT2D eigenvalue weighted by molar-refractivity contribution is 8.03. The Labute approximate surface area is 97.4 Å². The van der Waals surface area contributed by atoms with E-state index in [-0.39, 0.29) is 11.3 Å². The van der Waals surface area contributed by atoms with Crippen molar-refractivity contribution in [3.63, 3.8) is 0 Å². The van der Waals surface area contributed by atoms with Crippen LogP contribution in [-0.4, -0.2) is 11.6 Å². The molecule has 16 heavy (non-hydrogen) atoms. The Hall–Kier alpha value is -1.75. The average Bonchev–Trinajstić information content (AvgIpc) is 2.58. The smallest absolute Gasteiger partial charge is 0.253 e. The molecule has 0 aliphatic carbocycles. The van der Waals surface area contributed by atoms with Crippen molar-refractivity contribution >= 4 is 29.1 Å². The van der Waals surface area contributed by atoms with Gasteiger partial charge < -0.3 is 16.5 Å². The summed E-state index contributed by atoms with van der Waals surface area (Å²) in [5.41, 5.74) is 6.64. The van der Waals surface area contributed by atoms with E-state index < -0.39 is 5.91 Å². The zero-order valence-electron chi connectivity index (χ0n) is 8.70. The largest absolute Gasteiger partial charge is 0.365 e. The van der Waals surface area contributed by atoms with Gasteiger partial charge in [-0.15, -0.1) is 0 Å². The second-order valence-corrected chi connectivity index (χ2v) is 4.47. The third-order valence-corrected chi connectivity index (χ3v) is 3.28. The first-order valence-electron chi connectivity index (χ1n) is 4.73. The fourth-order valence-electron chi connectivity index (χ4n) is 1.50. The predicted octanol–water partition coefficient (Wildman–Crippen LogP) is 1.94. The number of para-hydroxylation sites is 1. The number of anilines is 1. The molecule has 0 aromatic heterocycles. The Bertz CT molecular complexity index is 465. The molecular formula is C11H11N3OS. The van der Waals surface area contributed by atoms with Gasteiger partial charge in [-0.1, -0.05) is 23.9 Å². The van der Waals surface area contributed by atoms with Crippen LogP contribution in [0.5, 0.6) is 0 Å². The van der Waals surface area contributed by atoms with Crippen molar-refractivity contribution in [2.75, 3.05) is 5.32 Å². The lowest BCUT2D eigenvalue weighted by Crippen LogP contribution is -2.21. The molecule has 1 aliphatic heterocycles. The van der Waals surface area contributed by atoms with Crippen LogP contribution in [0.2, 0.25) is 0 Å². The summed E-state index contributed by atoms with van der Waals surface area (Å²) in [7, 11) is 0. The van der Waals surface area contributed by atoms with E-state index in [9.17, 15) is 4.79 Å². The maximum absolute atomic E-state index is 11.2. The topological polar surface area (TPSA) is 79.0 Å². The highest BCUT2D eigenvalue weighted by atomic mass is 32.2. The molecule has 0 atom stereocenters. The average molecular weight is 233 g/mol. The lowest BCUT2D eigenvalue weighted by molar-refractivity contribution is -0.114. The highest BCUT2D eigenvalue weighted by Gasteiger charge is 2.22. The molecule has 4 N–H and O–H groups in total. The summed E-state index contributed by atoms with van der Waals surface area (Å²) >= 11 is 1.43. The maximum Gasteiger partial charge on any atom is 0.253 e. The van der Waals surface area contributed by atoms with E-state index in [1.165, 1.54) is 11.8 Å². The molecule has 1 aromatic rings. The summed E-state index contributed by atoms with van der Waals surface area (Å²) in [5, 5.41) is 11.3. The quantitative estimate of drug-likeness (QED) is 0.539. The first-order chi connectivity index (χ1) is 7.59. The number of nitrogens with one attached hydrogen (secondary N) is 2. The van der Waals surface area contributed by atoms with Crippen molar-refractivity contribution in [1.82, 2.24) is 0 Å². The summed E-state index contributed by atoms with van der Waals surface area (Å²) in [6.45, 7) is 1.55. The number of carbonyl (C=O) groups excluding carboxylic acids is 1. The molecule has 0 unspecified atom stereocenters. The number of carbonyl (C=O) groups is 1. The molecule has 0 saturated heterocycles. The van der Waals surface area contributed by atoms with Crippen LogP contribution in [0.25, 0.3) is 0 Å². The van der Waals surface area contributed by atoms with Crippen LogP contribution in [0.1, 0.15) is 6.92 Å². The molecule has 2 rings (SSSR count). The molecule has 0 saturated carbocycles. The van der Waals surface area contributed by atoms with Crippen LogP contribution >= 0.6 is 11.8 Å². The molecule has 0 radical (unpaired) electrons. The van der Waals surface area contributed by atoms with Gasteiger partial charge in [-0.05, 0) is 19.1 Å². The Morgan fingerprint density at radius 2 is 2.12 bits per heavy atom. The van der Waals surface area contributed by atoms with Gasteiger partial charge in [-0.3, -0.25) is 4.79 Å². The van der Waals surface area contributed by atoms with Gasteiger partial charge in [0.2, 0.25) is 0 Å². The second-order valence-electron chi connectivity index (χ2n) is 3.42. The number of nitrogens with two attached hydrogens (primary N) is 1. The van der Waals surface area contributed by atoms with Gasteiger partial charge >= 0.3 is 0 Å². The van der Waals surface area contributed by atoms with Crippen LogP contribution in [0.3, 0.4) is 0 Å². The standard InChI is InChI=1S/C11H11N3OS/c1-6(12)9(10(13)15)11-14-7-4-2-3-5-8(7)16-11/h2-5,12,14H,1H3,(H2,13,15)/b11-9+,12-6?. The number of rotatable bonds is 2. The molecule has 1 aromatic carbocycles. The van der Waals surface area contributed by atoms with Gasteiger partial charge in [0.15, 0.2) is 0 Å². The number of fused-ring (bicyclic) bond motifs is 1. The van der Waals surface area contributed by atoms with Gasteiger partial charge in [0.1, 0.15) is 0 Å². The molecule has 82 valence electrons. The maximum atomic E-state index is 11.2. The molecule has 0 fully saturated rings. The van der Waals surface area contributed by atoms with Gasteiger partial charge in [0.25, 0.3) is 5.91 Å². The zero-order chi connectivity index (χ0) is 11.7. The normalized spacial score (nSPS) is 16.3. The minimum absolute atomic E-state index is 0.176. The Kier molecular flexibility index (Phi) is 2.70. The molecule has 0 bridgehead atoms. The monoisotopic (exact) mass is 233 g/mol. The molecule has 5 heteroatoms. The van der Waals surface area contributed by atoms with Crippen LogP contribution in [0.15, 0.2) is 39.8 Å². The number of hydrogen-bond acceptors (Lipinski definition) is 4. The molecule has 1 aliphatic rings. The Morgan fingerprint density at radius 1 is 1.44 bits per heavy atom. The second kappa shape index (κ2) is 4.02. The number of amides is 1. The summed E-state index contributed by atoms with van der Waals surface area (Å²) in [4.78, 5) is 12.3. The molecule has 1 amide bonds. The lowest BCUT2D eigenvalue weighted by Gasteiger charge is -2.05. The van der Waals surface area contributed by atoms with Crippen LogP contribution in [-0.2, 0) is 4.79 Å². The van der Waals surface area contributed by atoms with E-state index in [0.717, 1.165) is 10.6 Å². The molecular weight excluding hydrogens is 222 g/mol. The summed E-state index contributed by atoms with van der Waals surface area (Å²) < 4.78 is 0. The minimum Gasteiger partial charge on any atom is -0.365 e. The van der Waals surface area contributed by atoms with E-state index in [2.05, 4.69) is 5.32 Å². The number of thioether (sulfide) groups is 1. The Morgan fingerprint density at radius 3 is 2.69 bits per heavy atom. The SMILES string of the molecule is CC(=N)/C(C(N)=O)=C1/Nc2ccccc2S1. The molecule has 4 nitrogen and oxygen atoms in total. The first-order valence-corrected chi connectivity index (χ1v) is 5.54. The van der Waals surface area contributed by atoms with Gasteiger partial charge in [-0.2, -0.15) is 0 Å². The van der Waals surface area contributed by atoms with E-state index in [1.807, 2.05) is 24.3 Å². The number of benzene rings is 1.